The van der Waals surface area contributed by atoms with Crippen LogP contribution in [0.3, 0.4) is 0 Å². The number of hydrogen-bond donors (Lipinski definition) is 1. The lowest BCUT2D eigenvalue weighted by molar-refractivity contribution is 0.610. The number of aromatic amines is 1. The Balaban J connectivity index is 2.11. The van der Waals surface area contributed by atoms with E-state index in [0.717, 1.165) is 0 Å². The van der Waals surface area contributed by atoms with Crippen LogP contribution in [-0.4, -0.2) is 30.4 Å². The molecule has 0 aliphatic carbocycles. The third kappa shape index (κ3) is 1.65. The van der Waals surface area contributed by atoms with Gasteiger partial charge in [-0.2, -0.15) is 10.3 Å². The summed E-state index contributed by atoms with van der Waals surface area (Å²) in [5.41, 5.74) is 1.81. The van der Waals surface area contributed by atoms with Gasteiger partial charge in [0.25, 0.3) is 0 Å². The van der Waals surface area contributed by atoms with Crippen molar-refractivity contribution < 1.29 is 4.39 Å². The molecule has 0 atom stereocenters. The quantitative estimate of drug-likeness (QED) is 0.741. The Hall–Kier alpha value is -2.57. The first-order valence-corrected chi connectivity index (χ1v) is 5.30. The van der Waals surface area contributed by atoms with E-state index in [2.05, 4.69) is 25.7 Å². The lowest BCUT2D eigenvalue weighted by atomic mass is 10.2. The van der Waals surface area contributed by atoms with Crippen molar-refractivity contribution in [2.75, 3.05) is 0 Å². The smallest absolute Gasteiger partial charge is 0.208 e. The van der Waals surface area contributed by atoms with Gasteiger partial charge in [-0.05, 0) is 24.3 Å². The number of aryl methyl sites for hydroxylation is 1. The molecule has 3 aromatic rings. The van der Waals surface area contributed by atoms with Gasteiger partial charge in [-0.1, -0.05) is 12.1 Å². The van der Waals surface area contributed by atoms with Crippen LogP contribution in [0.2, 0.25) is 0 Å². The maximum atomic E-state index is 13.6. The van der Waals surface area contributed by atoms with Crippen molar-refractivity contribution in [1.29, 1.82) is 0 Å². The van der Waals surface area contributed by atoms with Gasteiger partial charge in [0.15, 0.2) is 0 Å². The summed E-state index contributed by atoms with van der Waals surface area (Å²) < 4.78 is 15.1. The number of nitrogens with one attached hydrogen (secondary N) is 1. The van der Waals surface area contributed by atoms with Crippen molar-refractivity contribution in [3.05, 3.63) is 42.0 Å². The Bertz CT molecular complexity index is 673. The molecule has 0 fully saturated rings. The van der Waals surface area contributed by atoms with Crippen LogP contribution < -0.4 is 0 Å². The number of aromatic nitrogens is 6. The largest absolute Gasteiger partial charge is 0.237 e. The van der Waals surface area contributed by atoms with E-state index >= 15 is 0 Å². The molecule has 0 saturated heterocycles. The van der Waals surface area contributed by atoms with Crippen LogP contribution in [-0.2, 0) is 0 Å². The Morgan fingerprint density at radius 3 is 2.83 bits per heavy atom. The number of para-hydroxylation sites is 1. The molecule has 18 heavy (non-hydrogen) atoms. The standard InChI is InChI=1S/C11H9FN6/c1-7-8(11-13-16-17-14-11)6-18(15-7)10-5-3-2-4-9(10)12/h2-6H,1H3,(H,13,14,16,17). The molecule has 7 heteroatoms. The third-order valence-electron chi connectivity index (χ3n) is 2.58. The minimum Gasteiger partial charge on any atom is -0.237 e. The van der Waals surface area contributed by atoms with Crippen LogP contribution in [0.25, 0.3) is 17.1 Å². The maximum Gasteiger partial charge on any atom is 0.208 e. The van der Waals surface area contributed by atoms with Gasteiger partial charge in [0.1, 0.15) is 11.5 Å². The van der Waals surface area contributed by atoms with Gasteiger partial charge in [-0.15, -0.1) is 10.2 Å². The second-order valence-electron chi connectivity index (χ2n) is 3.76. The Morgan fingerprint density at radius 1 is 1.28 bits per heavy atom. The molecule has 0 spiro atoms. The molecule has 2 aromatic heterocycles. The summed E-state index contributed by atoms with van der Waals surface area (Å²) in [7, 11) is 0. The van der Waals surface area contributed by atoms with E-state index in [1.807, 2.05) is 6.92 Å². The van der Waals surface area contributed by atoms with Gasteiger partial charge in [0.05, 0.1) is 11.3 Å². The number of hydrogen-bond acceptors (Lipinski definition) is 4. The molecule has 0 aliphatic heterocycles. The van der Waals surface area contributed by atoms with E-state index < -0.39 is 0 Å². The van der Waals surface area contributed by atoms with Gasteiger partial charge in [0, 0.05) is 6.20 Å². The van der Waals surface area contributed by atoms with Crippen LogP contribution in [0, 0.1) is 12.7 Å². The fourth-order valence-corrected chi connectivity index (χ4v) is 1.72. The van der Waals surface area contributed by atoms with Crippen molar-refractivity contribution in [2.24, 2.45) is 0 Å². The van der Waals surface area contributed by atoms with E-state index in [-0.39, 0.29) is 5.82 Å². The predicted octanol–water partition coefficient (Wildman–Crippen LogP) is 1.50. The molecule has 0 saturated carbocycles. The van der Waals surface area contributed by atoms with Crippen molar-refractivity contribution in [1.82, 2.24) is 30.4 Å². The zero-order chi connectivity index (χ0) is 12.5. The molecular weight excluding hydrogens is 235 g/mol. The topological polar surface area (TPSA) is 72.3 Å². The highest BCUT2D eigenvalue weighted by atomic mass is 19.1. The monoisotopic (exact) mass is 244 g/mol. The number of nitrogens with zero attached hydrogens (tertiary/aromatic N) is 5. The Kier molecular flexibility index (Phi) is 2.36. The van der Waals surface area contributed by atoms with Gasteiger partial charge < -0.3 is 0 Å². The second-order valence-corrected chi connectivity index (χ2v) is 3.76. The highest BCUT2D eigenvalue weighted by Gasteiger charge is 2.13. The molecule has 2 heterocycles. The molecule has 0 bridgehead atoms. The SMILES string of the molecule is Cc1nn(-c2ccccc2F)cc1-c1nn[nH]n1. The van der Waals surface area contributed by atoms with Crippen LogP contribution >= 0.6 is 0 Å². The van der Waals surface area contributed by atoms with E-state index in [0.29, 0.717) is 22.8 Å². The van der Waals surface area contributed by atoms with E-state index in [4.69, 9.17) is 0 Å². The van der Waals surface area contributed by atoms with Crippen LogP contribution in [0.1, 0.15) is 5.69 Å². The third-order valence-corrected chi connectivity index (χ3v) is 2.58. The van der Waals surface area contributed by atoms with E-state index in [9.17, 15) is 4.39 Å². The van der Waals surface area contributed by atoms with Crippen molar-refractivity contribution in [3.8, 4) is 17.1 Å². The highest BCUT2D eigenvalue weighted by Crippen LogP contribution is 2.20. The van der Waals surface area contributed by atoms with Crippen molar-refractivity contribution in [2.45, 2.75) is 6.92 Å². The summed E-state index contributed by atoms with van der Waals surface area (Å²) in [6, 6.07) is 6.43. The minimum atomic E-state index is -0.334. The summed E-state index contributed by atoms with van der Waals surface area (Å²) in [5, 5.41) is 17.9. The number of tetrazole rings is 1. The molecule has 6 nitrogen and oxygen atoms in total. The molecule has 3 rings (SSSR count). The van der Waals surface area contributed by atoms with Crippen LogP contribution in [0.15, 0.2) is 30.5 Å². The van der Waals surface area contributed by atoms with Crippen molar-refractivity contribution in [3.63, 3.8) is 0 Å². The predicted molar refractivity (Wildman–Crippen MR) is 61.4 cm³/mol. The van der Waals surface area contributed by atoms with E-state index in [1.54, 1.807) is 24.4 Å². The molecule has 0 unspecified atom stereocenters. The molecule has 90 valence electrons. The first kappa shape index (κ1) is 10.6. The number of benzene rings is 1. The summed E-state index contributed by atoms with van der Waals surface area (Å²) in [5.74, 6) is 0.106. The lowest BCUT2D eigenvalue weighted by Crippen LogP contribution is -1.97. The summed E-state index contributed by atoms with van der Waals surface area (Å²) in [4.78, 5) is 0. The Morgan fingerprint density at radius 2 is 2.11 bits per heavy atom. The molecular formula is C11H9FN6. The second kappa shape index (κ2) is 4.02. The first-order valence-electron chi connectivity index (χ1n) is 5.30. The highest BCUT2D eigenvalue weighted by molar-refractivity contribution is 5.56. The fraction of sp³-hybridized carbons (Fsp3) is 0.0909. The molecule has 0 amide bonds. The zero-order valence-corrected chi connectivity index (χ0v) is 9.50. The molecule has 1 aromatic carbocycles. The number of H-pyrrole nitrogens is 1. The average molecular weight is 244 g/mol. The normalized spacial score (nSPS) is 10.8. The van der Waals surface area contributed by atoms with Gasteiger partial charge in [-0.3, -0.25) is 0 Å². The van der Waals surface area contributed by atoms with Crippen molar-refractivity contribution >= 4 is 0 Å². The first-order chi connectivity index (χ1) is 8.75. The zero-order valence-electron chi connectivity index (χ0n) is 9.50. The summed E-state index contributed by atoms with van der Waals surface area (Å²) in [6.07, 6.45) is 1.68. The number of rotatable bonds is 2. The van der Waals surface area contributed by atoms with Gasteiger partial charge in [0.2, 0.25) is 5.82 Å². The Labute approximate surface area is 101 Å². The fourth-order valence-electron chi connectivity index (χ4n) is 1.72. The van der Waals surface area contributed by atoms with E-state index in [1.165, 1.54) is 10.7 Å². The number of halogens is 1. The molecule has 0 radical (unpaired) electrons. The van der Waals surface area contributed by atoms with Gasteiger partial charge in [-0.25, -0.2) is 9.07 Å². The molecule has 1 N–H and O–H groups in total. The molecule has 0 aliphatic rings. The summed E-state index contributed by atoms with van der Waals surface area (Å²) in [6.45, 7) is 1.81. The maximum absolute atomic E-state index is 13.6. The summed E-state index contributed by atoms with van der Waals surface area (Å²) >= 11 is 0. The van der Waals surface area contributed by atoms with Crippen LogP contribution in [0.5, 0.6) is 0 Å². The van der Waals surface area contributed by atoms with Crippen LogP contribution in [0.4, 0.5) is 4.39 Å². The lowest BCUT2D eigenvalue weighted by Gasteiger charge is -2.01. The van der Waals surface area contributed by atoms with Gasteiger partial charge >= 0.3 is 0 Å². The average Bonchev–Trinajstić information content (AvgIpc) is 2.98. The minimum absolute atomic E-state index is 0.334.